The van der Waals surface area contributed by atoms with E-state index < -0.39 is 0 Å². The molecule has 4 rings (SSSR count). The van der Waals surface area contributed by atoms with Gasteiger partial charge in [0.2, 0.25) is 0 Å². The quantitative estimate of drug-likeness (QED) is 0.618. The third-order valence-corrected chi connectivity index (χ3v) is 5.54. The van der Waals surface area contributed by atoms with Crippen molar-refractivity contribution >= 4 is 17.5 Å². The molecule has 0 saturated carbocycles. The lowest BCUT2D eigenvalue weighted by Crippen LogP contribution is -2.43. The lowest BCUT2D eigenvalue weighted by molar-refractivity contribution is 0.0593. The van der Waals surface area contributed by atoms with E-state index >= 15 is 0 Å². The molecular weight excluding hydrogens is 400 g/mol. The minimum Gasteiger partial charge on any atom is -0.490 e. The van der Waals surface area contributed by atoms with Crippen LogP contribution in [0.2, 0.25) is 5.02 Å². The predicted molar refractivity (Wildman–Crippen MR) is 117 cm³/mol. The molecule has 1 fully saturated rings. The van der Waals surface area contributed by atoms with Crippen LogP contribution in [0.1, 0.15) is 28.8 Å². The molecule has 1 aromatic heterocycles. The van der Waals surface area contributed by atoms with E-state index in [0.717, 1.165) is 24.2 Å². The Bertz CT molecular complexity index is 1060. The molecule has 0 spiro atoms. The van der Waals surface area contributed by atoms with Crippen LogP contribution in [0.15, 0.2) is 77.7 Å². The van der Waals surface area contributed by atoms with Crippen molar-refractivity contribution < 1.29 is 9.53 Å². The Balaban J connectivity index is 1.40. The molecule has 30 heavy (non-hydrogen) atoms. The van der Waals surface area contributed by atoms with Crippen molar-refractivity contribution in [2.45, 2.75) is 25.5 Å². The Hall–Kier alpha value is -3.05. The number of carbonyl (C=O) groups is 1. The van der Waals surface area contributed by atoms with Gasteiger partial charge in [-0.05, 0) is 42.0 Å². The van der Waals surface area contributed by atoms with Crippen molar-refractivity contribution in [2.75, 3.05) is 13.1 Å². The Morgan fingerprint density at radius 3 is 2.37 bits per heavy atom. The van der Waals surface area contributed by atoms with Crippen LogP contribution in [0.25, 0.3) is 0 Å². The Morgan fingerprint density at radius 1 is 0.967 bits per heavy atom. The fourth-order valence-corrected chi connectivity index (χ4v) is 3.78. The number of carbonyl (C=O) groups excluding carboxylic acids is 1. The summed E-state index contributed by atoms with van der Waals surface area (Å²) in [5.41, 5.74) is 0.973. The van der Waals surface area contributed by atoms with Crippen LogP contribution in [-0.4, -0.2) is 34.6 Å². The number of rotatable bonds is 5. The van der Waals surface area contributed by atoms with Crippen LogP contribution in [0, 0.1) is 0 Å². The number of amides is 1. The molecule has 2 heterocycles. The van der Waals surface area contributed by atoms with Crippen molar-refractivity contribution in [1.82, 2.24) is 9.47 Å². The van der Waals surface area contributed by atoms with Gasteiger partial charge in [-0.25, -0.2) is 0 Å². The summed E-state index contributed by atoms with van der Waals surface area (Å²) in [6.07, 6.45) is 3.21. The summed E-state index contributed by atoms with van der Waals surface area (Å²) in [6, 6.07) is 20.4. The van der Waals surface area contributed by atoms with Gasteiger partial charge in [-0.3, -0.25) is 9.59 Å². The summed E-state index contributed by atoms with van der Waals surface area (Å²) in [6.45, 7) is 1.56. The SMILES string of the molecule is O=C(c1cccn(Cc2ccccc2)c1=O)N1CCC(Oc2ccc(Cl)cc2)CC1. The fraction of sp³-hybridized carbons (Fsp3) is 0.250. The van der Waals surface area contributed by atoms with Gasteiger partial charge in [-0.1, -0.05) is 41.9 Å². The molecule has 2 aromatic carbocycles. The Morgan fingerprint density at radius 2 is 1.67 bits per heavy atom. The minimum absolute atomic E-state index is 0.0423. The average Bonchev–Trinajstić information content (AvgIpc) is 2.78. The van der Waals surface area contributed by atoms with E-state index in [2.05, 4.69) is 0 Å². The fourth-order valence-electron chi connectivity index (χ4n) is 3.66. The summed E-state index contributed by atoms with van der Waals surface area (Å²) < 4.78 is 7.57. The van der Waals surface area contributed by atoms with Crippen LogP contribution in [0.3, 0.4) is 0 Å². The number of aromatic nitrogens is 1. The standard InChI is InChI=1S/C24H23ClN2O3/c25-19-8-10-20(11-9-19)30-21-12-15-26(16-13-21)23(28)22-7-4-14-27(24(22)29)17-18-5-2-1-3-6-18/h1-11,14,21H,12-13,15-17H2. The minimum atomic E-state index is -0.258. The summed E-state index contributed by atoms with van der Waals surface area (Å²) in [5.74, 6) is 0.559. The van der Waals surface area contributed by atoms with E-state index in [-0.39, 0.29) is 23.1 Å². The van der Waals surface area contributed by atoms with E-state index in [4.69, 9.17) is 16.3 Å². The summed E-state index contributed by atoms with van der Waals surface area (Å²) >= 11 is 5.91. The monoisotopic (exact) mass is 422 g/mol. The van der Waals surface area contributed by atoms with Gasteiger partial charge in [-0.2, -0.15) is 0 Å². The molecule has 0 unspecified atom stereocenters. The first kappa shape index (κ1) is 20.2. The van der Waals surface area contributed by atoms with Crippen LogP contribution < -0.4 is 10.3 Å². The van der Waals surface area contributed by atoms with E-state index in [0.29, 0.717) is 24.7 Å². The number of nitrogens with zero attached hydrogens (tertiary/aromatic N) is 2. The van der Waals surface area contributed by atoms with Crippen LogP contribution in [0.4, 0.5) is 0 Å². The zero-order valence-corrected chi connectivity index (χ0v) is 17.3. The molecule has 0 atom stereocenters. The van der Waals surface area contributed by atoms with Gasteiger partial charge in [0.1, 0.15) is 17.4 Å². The van der Waals surface area contributed by atoms with E-state index in [9.17, 15) is 9.59 Å². The summed E-state index contributed by atoms with van der Waals surface area (Å²) in [7, 11) is 0. The lowest BCUT2D eigenvalue weighted by Gasteiger charge is -2.32. The number of piperidine rings is 1. The largest absolute Gasteiger partial charge is 0.490 e. The van der Waals surface area contributed by atoms with Crippen LogP contribution in [0.5, 0.6) is 5.75 Å². The first-order chi connectivity index (χ1) is 14.6. The number of hydrogen-bond donors (Lipinski definition) is 0. The smallest absolute Gasteiger partial charge is 0.263 e. The molecule has 1 amide bonds. The van der Waals surface area contributed by atoms with Gasteiger partial charge in [0.15, 0.2) is 0 Å². The topological polar surface area (TPSA) is 51.5 Å². The summed E-state index contributed by atoms with van der Waals surface area (Å²) in [5, 5.41) is 0.670. The highest BCUT2D eigenvalue weighted by Gasteiger charge is 2.26. The van der Waals surface area contributed by atoms with Gasteiger partial charge in [0, 0.05) is 37.2 Å². The van der Waals surface area contributed by atoms with E-state index in [1.165, 1.54) is 0 Å². The number of hydrogen-bond acceptors (Lipinski definition) is 3. The molecule has 6 heteroatoms. The van der Waals surface area contributed by atoms with Crippen molar-refractivity contribution in [1.29, 1.82) is 0 Å². The molecule has 0 N–H and O–H groups in total. The maximum atomic E-state index is 13.0. The maximum absolute atomic E-state index is 13.0. The number of likely N-dealkylation sites (tertiary alicyclic amines) is 1. The highest BCUT2D eigenvalue weighted by Crippen LogP contribution is 2.21. The first-order valence-electron chi connectivity index (χ1n) is 10.0. The molecule has 0 aliphatic carbocycles. The van der Waals surface area contributed by atoms with Gasteiger partial charge in [0.05, 0.1) is 6.54 Å². The Kier molecular flexibility index (Phi) is 6.19. The van der Waals surface area contributed by atoms with E-state index in [1.54, 1.807) is 39.9 Å². The number of pyridine rings is 1. The molecule has 3 aromatic rings. The first-order valence-corrected chi connectivity index (χ1v) is 10.4. The third-order valence-electron chi connectivity index (χ3n) is 5.29. The predicted octanol–water partition coefficient (Wildman–Crippen LogP) is 4.23. The highest BCUT2D eigenvalue weighted by atomic mass is 35.5. The summed E-state index contributed by atoms with van der Waals surface area (Å²) in [4.78, 5) is 27.6. The van der Waals surface area contributed by atoms with Gasteiger partial charge < -0.3 is 14.2 Å². The van der Waals surface area contributed by atoms with Gasteiger partial charge >= 0.3 is 0 Å². The molecule has 1 saturated heterocycles. The zero-order chi connectivity index (χ0) is 20.9. The number of halogens is 1. The average molecular weight is 423 g/mol. The lowest BCUT2D eigenvalue weighted by atomic mass is 10.1. The molecule has 1 aliphatic rings. The number of ether oxygens (including phenoxy) is 1. The molecule has 1 aliphatic heterocycles. The molecule has 5 nitrogen and oxygen atoms in total. The highest BCUT2D eigenvalue weighted by molar-refractivity contribution is 6.30. The molecule has 154 valence electrons. The second-order valence-corrected chi connectivity index (χ2v) is 7.84. The zero-order valence-electron chi connectivity index (χ0n) is 16.5. The van der Waals surface area contributed by atoms with Crippen molar-refractivity contribution in [3.05, 3.63) is 99.4 Å². The normalized spacial score (nSPS) is 14.5. The van der Waals surface area contributed by atoms with Crippen molar-refractivity contribution in [3.8, 4) is 5.75 Å². The maximum Gasteiger partial charge on any atom is 0.263 e. The molecule has 0 radical (unpaired) electrons. The van der Waals surface area contributed by atoms with Gasteiger partial charge in [0.25, 0.3) is 11.5 Å². The number of benzene rings is 2. The van der Waals surface area contributed by atoms with E-state index in [1.807, 2.05) is 42.5 Å². The van der Waals surface area contributed by atoms with Crippen molar-refractivity contribution in [2.24, 2.45) is 0 Å². The van der Waals surface area contributed by atoms with Crippen LogP contribution in [-0.2, 0) is 6.54 Å². The Labute approximate surface area is 180 Å². The second kappa shape index (κ2) is 9.18. The van der Waals surface area contributed by atoms with Crippen LogP contribution >= 0.6 is 11.6 Å². The van der Waals surface area contributed by atoms with Gasteiger partial charge in [-0.15, -0.1) is 0 Å². The molecule has 0 bridgehead atoms. The molecular formula is C24H23ClN2O3. The second-order valence-electron chi connectivity index (χ2n) is 7.40. The van der Waals surface area contributed by atoms with Crippen molar-refractivity contribution in [3.63, 3.8) is 0 Å². The third kappa shape index (κ3) is 4.74.